The molecule has 0 atom stereocenters. The highest BCUT2D eigenvalue weighted by Crippen LogP contribution is 2.34. The van der Waals surface area contributed by atoms with Gasteiger partial charge in [0, 0.05) is 10.9 Å². The second-order valence-corrected chi connectivity index (χ2v) is 10.6. The van der Waals surface area contributed by atoms with Gasteiger partial charge in [0.1, 0.15) is 5.75 Å². The van der Waals surface area contributed by atoms with Crippen molar-refractivity contribution in [2.45, 2.75) is 76.3 Å². The van der Waals surface area contributed by atoms with E-state index >= 15 is 0 Å². The monoisotopic (exact) mass is 497 g/mol. The summed E-state index contributed by atoms with van der Waals surface area (Å²) < 4.78 is 10.1. The molecular weight excluding hydrogens is 460 g/mol. The fourth-order valence-corrected chi connectivity index (χ4v) is 6.45. The molecule has 0 unspecified atom stereocenters. The van der Waals surface area contributed by atoms with Crippen molar-refractivity contribution in [3.05, 3.63) is 72.2 Å². The maximum atomic E-state index is 10.5. The number of ether oxygens (including phenoxy) is 1. The number of methoxy groups -OCH3 is 1. The highest BCUT2D eigenvalue weighted by atomic mass is 16.5. The highest BCUT2D eigenvalue weighted by molar-refractivity contribution is 6.11. The third-order valence-electron chi connectivity index (χ3n) is 8.34. The first kappa shape index (κ1) is 23.8. The predicted octanol–water partition coefficient (Wildman–Crippen LogP) is 6.87. The number of aromatic nitrogens is 2. The Balaban J connectivity index is 1.63. The zero-order valence-corrected chi connectivity index (χ0v) is 21.7. The van der Waals surface area contributed by atoms with Crippen molar-refractivity contribution in [3.8, 4) is 5.75 Å². The van der Waals surface area contributed by atoms with Gasteiger partial charge in [-0.2, -0.15) is 0 Å². The third-order valence-corrected chi connectivity index (χ3v) is 8.34. The second kappa shape index (κ2) is 10.4. The first-order chi connectivity index (χ1) is 18.3. The van der Waals surface area contributed by atoms with E-state index < -0.39 is 0 Å². The van der Waals surface area contributed by atoms with Crippen molar-refractivity contribution < 1.29 is 14.5 Å². The Morgan fingerprint density at radius 3 is 2.32 bits per heavy atom. The lowest BCUT2D eigenvalue weighted by Gasteiger charge is -2.25. The second-order valence-electron chi connectivity index (χ2n) is 10.6. The van der Waals surface area contributed by atoms with Crippen LogP contribution in [0.15, 0.2) is 65.9 Å². The van der Waals surface area contributed by atoms with Crippen LogP contribution < -0.4 is 14.6 Å². The smallest absolute Gasteiger partial charge is 0.264 e. The summed E-state index contributed by atoms with van der Waals surface area (Å²) in [5, 5.41) is 20.9. The van der Waals surface area contributed by atoms with E-state index in [0.717, 1.165) is 30.0 Å². The van der Waals surface area contributed by atoms with Crippen molar-refractivity contribution >= 4 is 27.8 Å². The summed E-state index contributed by atoms with van der Waals surface area (Å²) in [4.78, 5) is 0. The molecule has 37 heavy (non-hydrogen) atoms. The summed E-state index contributed by atoms with van der Waals surface area (Å²) >= 11 is 0. The van der Waals surface area contributed by atoms with Gasteiger partial charge in [-0.15, -0.1) is 0 Å². The standard InChI is InChI=1S/C31H36N4O2/c1-37-26-18-16-23(17-19-26)28(33-36)31-34-21-20-22-10-8-9-15-27(22)29(34)30(32-24-11-4-2-5-12-24)35(31)25-13-6-3-7-14-25/h8-10,15-21,24-25,32H,2-7,11-14H2,1H3/p+1. The van der Waals surface area contributed by atoms with E-state index in [1.807, 2.05) is 24.3 Å². The van der Waals surface area contributed by atoms with Gasteiger partial charge in [0.05, 0.1) is 25.4 Å². The number of benzene rings is 2. The number of hydrogen-bond donors (Lipinski definition) is 2. The Morgan fingerprint density at radius 2 is 1.62 bits per heavy atom. The average Bonchev–Trinajstić information content (AvgIpc) is 3.29. The summed E-state index contributed by atoms with van der Waals surface area (Å²) in [6.45, 7) is 0. The molecular formula is C31H37N4O2+. The number of oxime groups is 1. The molecule has 0 spiro atoms. The van der Waals surface area contributed by atoms with Crippen LogP contribution >= 0.6 is 0 Å². The van der Waals surface area contributed by atoms with Crippen LogP contribution in [-0.2, 0) is 0 Å². The SMILES string of the molecule is COc1ccc(/C(=N/O)c2n3ccc4ccccc4c3c(NC3CCCCC3)[n+]2C2CCCCC2)cc1. The molecule has 6 rings (SSSR count). The van der Waals surface area contributed by atoms with Gasteiger partial charge in [0.25, 0.3) is 11.6 Å². The molecule has 0 bridgehead atoms. The van der Waals surface area contributed by atoms with Crippen molar-refractivity contribution in [1.29, 1.82) is 0 Å². The number of hydrogen-bond acceptors (Lipinski definition) is 4. The Labute approximate surface area is 218 Å². The van der Waals surface area contributed by atoms with E-state index in [4.69, 9.17) is 4.74 Å². The third kappa shape index (κ3) is 4.43. The number of pyridine rings is 1. The summed E-state index contributed by atoms with van der Waals surface area (Å²) in [5.41, 5.74) is 2.61. The molecule has 2 aliphatic rings. The zero-order chi connectivity index (χ0) is 25.2. The molecule has 192 valence electrons. The molecule has 0 amide bonds. The minimum absolute atomic E-state index is 0.350. The topological polar surface area (TPSA) is 62.1 Å². The van der Waals surface area contributed by atoms with Crippen LogP contribution in [0.25, 0.3) is 16.3 Å². The fourth-order valence-electron chi connectivity index (χ4n) is 6.45. The molecule has 0 saturated heterocycles. The molecule has 2 fully saturated rings. The zero-order valence-electron chi connectivity index (χ0n) is 21.7. The van der Waals surface area contributed by atoms with Gasteiger partial charge < -0.3 is 9.94 Å². The Kier molecular flexibility index (Phi) is 6.73. The number of fused-ring (bicyclic) bond motifs is 3. The summed E-state index contributed by atoms with van der Waals surface area (Å²) in [6, 6.07) is 19.4. The first-order valence-corrected chi connectivity index (χ1v) is 13.9. The number of rotatable bonds is 6. The van der Waals surface area contributed by atoms with Gasteiger partial charge in [-0.25, -0.2) is 8.97 Å². The van der Waals surface area contributed by atoms with Crippen molar-refractivity contribution in [2.75, 3.05) is 12.4 Å². The lowest BCUT2D eigenvalue weighted by molar-refractivity contribution is -0.712. The van der Waals surface area contributed by atoms with Crippen molar-refractivity contribution in [2.24, 2.45) is 5.16 Å². The minimum atomic E-state index is 0.350. The van der Waals surface area contributed by atoms with Gasteiger partial charge in [0.15, 0.2) is 11.2 Å². The molecule has 2 N–H and O–H groups in total. The van der Waals surface area contributed by atoms with E-state index in [1.165, 1.54) is 73.5 Å². The van der Waals surface area contributed by atoms with Crippen LogP contribution in [0.1, 0.15) is 81.6 Å². The van der Waals surface area contributed by atoms with E-state index in [9.17, 15) is 5.21 Å². The molecule has 0 radical (unpaired) electrons. The number of imidazole rings is 1. The van der Waals surface area contributed by atoms with Crippen LogP contribution in [0.3, 0.4) is 0 Å². The Morgan fingerprint density at radius 1 is 0.919 bits per heavy atom. The van der Waals surface area contributed by atoms with Crippen molar-refractivity contribution in [3.63, 3.8) is 0 Å². The van der Waals surface area contributed by atoms with Crippen LogP contribution in [0.4, 0.5) is 5.82 Å². The Bertz CT molecular complexity index is 1410. The normalized spacial score (nSPS) is 17.9. The van der Waals surface area contributed by atoms with Crippen LogP contribution in [-0.4, -0.2) is 28.5 Å². The largest absolute Gasteiger partial charge is 0.497 e. The van der Waals surface area contributed by atoms with Gasteiger partial charge in [-0.05, 0) is 74.2 Å². The predicted molar refractivity (Wildman–Crippen MR) is 148 cm³/mol. The Hall–Kier alpha value is -3.54. The number of nitrogens with zero attached hydrogens (tertiary/aromatic N) is 3. The van der Waals surface area contributed by atoms with E-state index in [2.05, 4.69) is 56.0 Å². The lowest BCUT2D eigenvalue weighted by Crippen LogP contribution is -2.48. The molecule has 2 saturated carbocycles. The van der Waals surface area contributed by atoms with E-state index in [1.54, 1.807) is 7.11 Å². The quantitative estimate of drug-likeness (QED) is 0.132. The maximum Gasteiger partial charge on any atom is 0.264 e. The molecule has 2 aliphatic carbocycles. The van der Waals surface area contributed by atoms with Crippen molar-refractivity contribution in [1.82, 2.24) is 4.40 Å². The fraction of sp³-hybridized carbons (Fsp3) is 0.419. The highest BCUT2D eigenvalue weighted by Gasteiger charge is 2.36. The minimum Gasteiger partial charge on any atom is -0.497 e. The van der Waals surface area contributed by atoms with Gasteiger partial charge in [-0.1, -0.05) is 55.1 Å². The summed E-state index contributed by atoms with van der Waals surface area (Å²) in [5.74, 6) is 2.88. The van der Waals surface area contributed by atoms with Gasteiger partial charge >= 0.3 is 0 Å². The first-order valence-electron chi connectivity index (χ1n) is 13.9. The molecule has 6 nitrogen and oxygen atoms in total. The van der Waals surface area contributed by atoms with Gasteiger partial charge in [0.2, 0.25) is 0 Å². The molecule has 2 aromatic carbocycles. The van der Waals surface area contributed by atoms with E-state index in [0.29, 0.717) is 17.8 Å². The molecule has 4 aromatic rings. The number of anilines is 1. The molecule has 2 aromatic heterocycles. The summed E-state index contributed by atoms with van der Waals surface area (Å²) in [7, 11) is 1.67. The van der Waals surface area contributed by atoms with Crippen LogP contribution in [0.5, 0.6) is 5.75 Å². The summed E-state index contributed by atoms with van der Waals surface area (Å²) in [6.07, 6.45) is 14.4. The molecule has 0 aliphatic heterocycles. The average molecular weight is 498 g/mol. The maximum absolute atomic E-state index is 10.5. The van der Waals surface area contributed by atoms with Crippen LogP contribution in [0, 0.1) is 0 Å². The molecule has 2 heterocycles. The van der Waals surface area contributed by atoms with E-state index in [-0.39, 0.29) is 0 Å². The van der Waals surface area contributed by atoms with Gasteiger partial charge in [-0.3, -0.25) is 5.32 Å². The molecule has 6 heteroatoms. The van der Waals surface area contributed by atoms with Crippen LogP contribution in [0.2, 0.25) is 0 Å². The number of nitrogens with one attached hydrogen (secondary N) is 1. The lowest BCUT2D eigenvalue weighted by atomic mass is 9.94.